The topological polar surface area (TPSA) is 37.3 Å². The number of nitrogens with zero attached hydrogens (tertiary/aromatic N) is 2. The smallest absolute Gasteiger partial charge is 0.131 e. The second kappa shape index (κ2) is 4.45. The van der Waals surface area contributed by atoms with Crippen LogP contribution in [0.3, 0.4) is 0 Å². The highest BCUT2D eigenvalue weighted by Crippen LogP contribution is 2.25. The van der Waals surface area contributed by atoms with Gasteiger partial charge in [-0.2, -0.15) is 0 Å². The monoisotopic (exact) mass is 221 g/mol. The first-order valence-corrected chi connectivity index (χ1v) is 5.29. The number of aliphatic imine (C=N–C) groups is 1. The third kappa shape index (κ3) is 2.18. The van der Waals surface area contributed by atoms with Crippen LogP contribution in [0.15, 0.2) is 23.3 Å². The van der Waals surface area contributed by atoms with Crippen molar-refractivity contribution in [3.8, 4) is 0 Å². The van der Waals surface area contributed by atoms with Crippen LogP contribution in [0.4, 0.5) is 5.69 Å². The molecule has 0 amide bonds. The van der Waals surface area contributed by atoms with Gasteiger partial charge in [-0.1, -0.05) is 17.7 Å². The van der Waals surface area contributed by atoms with E-state index in [1.807, 2.05) is 12.3 Å². The quantitative estimate of drug-likeness (QED) is 0.797. The van der Waals surface area contributed by atoms with Crippen molar-refractivity contribution < 1.29 is 0 Å². The average molecular weight is 222 g/mol. The Morgan fingerprint density at radius 3 is 3.07 bits per heavy atom. The maximum atomic E-state index is 5.86. The molecule has 2 rings (SSSR count). The highest BCUT2D eigenvalue weighted by atomic mass is 35.5. The van der Waals surface area contributed by atoms with Gasteiger partial charge in [-0.25, -0.2) is 4.98 Å². The molecule has 0 unspecified atom stereocenters. The highest BCUT2D eigenvalue weighted by molar-refractivity contribution is 6.29. The fourth-order valence-corrected chi connectivity index (χ4v) is 1.69. The van der Waals surface area contributed by atoms with E-state index in [1.165, 1.54) is 0 Å². The van der Waals surface area contributed by atoms with Crippen molar-refractivity contribution in [2.45, 2.75) is 6.92 Å². The van der Waals surface area contributed by atoms with Crippen LogP contribution in [0.2, 0.25) is 5.15 Å². The van der Waals surface area contributed by atoms with E-state index in [1.54, 1.807) is 6.20 Å². The van der Waals surface area contributed by atoms with Crippen LogP contribution in [0, 0.1) is 0 Å². The maximum Gasteiger partial charge on any atom is 0.131 e. The molecular formula is C11H12ClN3. The number of hydrogen-bond acceptors (Lipinski definition) is 3. The zero-order valence-corrected chi connectivity index (χ0v) is 9.25. The normalized spacial score (nSPS) is 14.1. The predicted molar refractivity (Wildman–Crippen MR) is 64.7 cm³/mol. The predicted octanol–water partition coefficient (Wildman–Crippen LogP) is 2.63. The van der Waals surface area contributed by atoms with Crippen LogP contribution in [0.1, 0.15) is 12.5 Å². The van der Waals surface area contributed by atoms with E-state index in [2.05, 4.69) is 28.3 Å². The largest absolute Gasteiger partial charge is 0.385 e. The van der Waals surface area contributed by atoms with E-state index in [-0.39, 0.29) is 0 Å². The molecule has 0 aliphatic carbocycles. The third-order valence-electron chi connectivity index (χ3n) is 2.20. The van der Waals surface area contributed by atoms with Gasteiger partial charge in [-0.15, -0.1) is 0 Å². The second-order valence-electron chi connectivity index (χ2n) is 3.24. The first-order valence-electron chi connectivity index (χ1n) is 4.91. The Hall–Kier alpha value is -1.35. The minimum Gasteiger partial charge on any atom is -0.385 e. The average Bonchev–Trinajstić information content (AvgIpc) is 2.71. The minimum absolute atomic E-state index is 0.505. The third-order valence-corrected chi connectivity index (χ3v) is 2.40. The molecule has 0 radical (unpaired) electrons. The van der Waals surface area contributed by atoms with Crippen LogP contribution in [-0.2, 0) is 0 Å². The van der Waals surface area contributed by atoms with E-state index >= 15 is 0 Å². The number of halogens is 1. The second-order valence-corrected chi connectivity index (χ2v) is 3.62. The summed E-state index contributed by atoms with van der Waals surface area (Å²) < 4.78 is 0. The van der Waals surface area contributed by atoms with Crippen molar-refractivity contribution in [1.29, 1.82) is 0 Å². The molecule has 15 heavy (non-hydrogen) atoms. The summed E-state index contributed by atoms with van der Waals surface area (Å²) in [5.41, 5.74) is 3.18. The number of hydrogen-bond donors (Lipinski definition) is 1. The molecule has 0 fully saturated rings. The molecule has 1 N–H and O–H groups in total. The van der Waals surface area contributed by atoms with Crippen molar-refractivity contribution in [2.24, 2.45) is 4.99 Å². The molecule has 0 aromatic carbocycles. The lowest BCUT2D eigenvalue weighted by Gasteiger charge is -2.09. The summed E-state index contributed by atoms with van der Waals surface area (Å²) in [6.07, 6.45) is 5.72. The number of rotatable bonds is 3. The SMILES string of the molecule is CCNc1cc(Cl)ncc1C1=CCN=C1. The van der Waals surface area contributed by atoms with Crippen LogP contribution in [0.5, 0.6) is 0 Å². The summed E-state index contributed by atoms with van der Waals surface area (Å²) in [5, 5.41) is 3.77. The number of anilines is 1. The molecule has 1 aliphatic heterocycles. The summed E-state index contributed by atoms with van der Waals surface area (Å²) in [7, 11) is 0. The summed E-state index contributed by atoms with van der Waals surface area (Å²) in [5.74, 6) is 0. The van der Waals surface area contributed by atoms with E-state index in [4.69, 9.17) is 11.6 Å². The van der Waals surface area contributed by atoms with Crippen molar-refractivity contribution in [2.75, 3.05) is 18.4 Å². The summed E-state index contributed by atoms with van der Waals surface area (Å²) in [4.78, 5) is 8.25. The molecule has 1 aliphatic rings. The van der Waals surface area contributed by atoms with Gasteiger partial charge in [0.25, 0.3) is 0 Å². The van der Waals surface area contributed by atoms with Gasteiger partial charge in [0.2, 0.25) is 0 Å². The van der Waals surface area contributed by atoms with Crippen LogP contribution in [0.25, 0.3) is 5.57 Å². The van der Waals surface area contributed by atoms with Crippen molar-refractivity contribution >= 4 is 29.1 Å². The van der Waals surface area contributed by atoms with Crippen molar-refractivity contribution in [3.63, 3.8) is 0 Å². The molecule has 1 aromatic heterocycles. The lowest BCUT2D eigenvalue weighted by atomic mass is 10.1. The standard InChI is InChI=1S/C11H12ClN3/c1-2-14-10-5-11(12)15-7-9(10)8-3-4-13-6-8/h3,5-7H,2,4H2,1H3,(H,14,15). The summed E-state index contributed by atoms with van der Waals surface area (Å²) >= 11 is 5.86. The van der Waals surface area contributed by atoms with Gasteiger partial charge in [-0.05, 0) is 13.0 Å². The van der Waals surface area contributed by atoms with Gasteiger partial charge >= 0.3 is 0 Å². The van der Waals surface area contributed by atoms with E-state index in [9.17, 15) is 0 Å². The van der Waals surface area contributed by atoms with E-state index < -0.39 is 0 Å². The molecule has 0 saturated heterocycles. The molecule has 4 heteroatoms. The fraction of sp³-hybridized carbons (Fsp3) is 0.273. The number of nitrogens with one attached hydrogen (secondary N) is 1. The van der Waals surface area contributed by atoms with Crippen LogP contribution < -0.4 is 5.32 Å². The van der Waals surface area contributed by atoms with Crippen LogP contribution >= 0.6 is 11.6 Å². The zero-order valence-electron chi connectivity index (χ0n) is 8.50. The van der Waals surface area contributed by atoms with Gasteiger partial charge < -0.3 is 5.32 Å². The van der Waals surface area contributed by atoms with Crippen molar-refractivity contribution in [3.05, 3.63) is 29.1 Å². The van der Waals surface area contributed by atoms with Crippen LogP contribution in [-0.4, -0.2) is 24.3 Å². The molecule has 0 saturated carbocycles. The molecule has 0 atom stereocenters. The van der Waals surface area contributed by atoms with Gasteiger partial charge in [0.15, 0.2) is 0 Å². The first kappa shape index (κ1) is 10.2. The van der Waals surface area contributed by atoms with Gasteiger partial charge in [0.05, 0.1) is 6.54 Å². The Bertz CT molecular complexity index is 424. The molecule has 2 heterocycles. The Kier molecular flexibility index (Phi) is 3.02. The van der Waals surface area contributed by atoms with Gasteiger partial charge in [0.1, 0.15) is 5.15 Å². The Morgan fingerprint density at radius 2 is 2.40 bits per heavy atom. The number of aromatic nitrogens is 1. The lowest BCUT2D eigenvalue weighted by molar-refractivity contribution is 1.19. The highest BCUT2D eigenvalue weighted by Gasteiger charge is 2.09. The summed E-state index contributed by atoms with van der Waals surface area (Å²) in [6, 6.07) is 1.84. The Labute approximate surface area is 93.9 Å². The van der Waals surface area contributed by atoms with Crippen molar-refractivity contribution in [1.82, 2.24) is 4.98 Å². The molecule has 3 nitrogen and oxygen atoms in total. The zero-order chi connectivity index (χ0) is 10.7. The molecule has 0 spiro atoms. The molecule has 0 bridgehead atoms. The Balaban J connectivity index is 2.40. The molecular weight excluding hydrogens is 210 g/mol. The molecule has 78 valence electrons. The van der Waals surface area contributed by atoms with E-state index in [0.29, 0.717) is 5.15 Å². The lowest BCUT2D eigenvalue weighted by Crippen LogP contribution is -2.01. The van der Waals surface area contributed by atoms with Gasteiger partial charge in [-0.3, -0.25) is 4.99 Å². The summed E-state index contributed by atoms with van der Waals surface area (Å²) in [6.45, 7) is 3.66. The maximum absolute atomic E-state index is 5.86. The number of allylic oxidation sites excluding steroid dienone is 1. The van der Waals surface area contributed by atoms with Gasteiger partial charge in [0, 0.05) is 35.8 Å². The first-order chi connectivity index (χ1) is 7.31. The minimum atomic E-state index is 0.505. The molecule has 1 aromatic rings. The fourth-order valence-electron chi connectivity index (χ4n) is 1.53. The number of pyridine rings is 1. The van der Waals surface area contributed by atoms with E-state index in [0.717, 1.165) is 29.9 Å². The Morgan fingerprint density at radius 1 is 1.53 bits per heavy atom.